The highest BCUT2D eigenvalue weighted by Crippen LogP contribution is 2.20. The molecule has 5 heteroatoms. The van der Waals surface area contributed by atoms with Crippen molar-refractivity contribution in [3.63, 3.8) is 0 Å². The Balaban J connectivity index is 1.59. The molecule has 1 fully saturated rings. The number of anilines is 1. The molecule has 0 aromatic heterocycles. The molecule has 0 radical (unpaired) electrons. The minimum absolute atomic E-state index is 0.164. The first kappa shape index (κ1) is 16.5. The normalized spacial score (nSPS) is 15.3. The van der Waals surface area contributed by atoms with Crippen molar-refractivity contribution < 1.29 is 14.3 Å². The Morgan fingerprint density at radius 2 is 1.79 bits per heavy atom. The van der Waals surface area contributed by atoms with E-state index in [0.29, 0.717) is 11.1 Å². The smallest absolute Gasteiger partial charge is 0.251 e. The van der Waals surface area contributed by atoms with Crippen LogP contribution >= 0.6 is 0 Å². The molecule has 1 heterocycles. The fourth-order valence-corrected chi connectivity index (χ4v) is 2.87. The van der Waals surface area contributed by atoms with E-state index in [2.05, 4.69) is 10.2 Å². The molecule has 0 spiro atoms. The summed E-state index contributed by atoms with van der Waals surface area (Å²) in [6, 6.07) is 13.8. The van der Waals surface area contributed by atoms with Gasteiger partial charge in [0.25, 0.3) is 5.91 Å². The van der Waals surface area contributed by atoms with Crippen molar-refractivity contribution >= 4 is 11.6 Å². The first-order valence-electron chi connectivity index (χ1n) is 8.18. The van der Waals surface area contributed by atoms with Crippen LogP contribution in [0.15, 0.2) is 48.5 Å². The highest BCUT2D eigenvalue weighted by Gasteiger charge is 2.17. The van der Waals surface area contributed by atoms with Crippen molar-refractivity contribution in [2.75, 3.05) is 18.0 Å². The maximum atomic E-state index is 13.6. The predicted octanol–water partition coefficient (Wildman–Crippen LogP) is 2.72. The average Bonchev–Trinajstić information content (AvgIpc) is 2.62. The quantitative estimate of drug-likeness (QED) is 0.907. The number of hydrogen-bond acceptors (Lipinski definition) is 3. The molecule has 0 atom stereocenters. The van der Waals surface area contributed by atoms with Crippen LogP contribution in [0.3, 0.4) is 0 Å². The lowest BCUT2D eigenvalue weighted by Crippen LogP contribution is -2.35. The van der Waals surface area contributed by atoms with Crippen molar-refractivity contribution in [3.8, 4) is 0 Å². The van der Waals surface area contributed by atoms with Gasteiger partial charge in [0.15, 0.2) is 0 Å². The third-order valence-electron chi connectivity index (χ3n) is 4.36. The Bertz CT molecular complexity index is 695. The summed E-state index contributed by atoms with van der Waals surface area (Å²) in [4.78, 5) is 14.4. The summed E-state index contributed by atoms with van der Waals surface area (Å²) in [5, 5.41) is 12.3. The van der Waals surface area contributed by atoms with Crippen molar-refractivity contribution in [3.05, 3.63) is 65.5 Å². The molecule has 1 aliphatic rings. The SMILES string of the molecule is O=C(NCc1ccccc1F)c1ccc(N2CCC(O)CC2)cc1. The Morgan fingerprint density at radius 3 is 2.46 bits per heavy atom. The minimum Gasteiger partial charge on any atom is -0.393 e. The molecule has 2 aromatic rings. The standard InChI is InChI=1S/C19H21FN2O2/c20-18-4-2-1-3-15(18)13-21-19(24)14-5-7-16(8-6-14)22-11-9-17(23)10-12-22/h1-8,17,23H,9-13H2,(H,21,24). The fourth-order valence-electron chi connectivity index (χ4n) is 2.87. The zero-order valence-electron chi connectivity index (χ0n) is 13.4. The number of carbonyl (C=O) groups excluding carboxylic acids is 1. The number of aliphatic hydroxyl groups is 1. The van der Waals surface area contributed by atoms with Crippen LogP contribution in [0.5, 0.6) is 0 Å². The summed E-state index contributed by atoms with van der Waals surface area (Å²) in [7, 11) is 0. The summed E-state index contributed by atoms with van der Waals surface area (Å²) in [6.07, 6.45) is 1.33. The first-order chi connectivity index (χ1) is 11.6. The van der Waals surface area contributed by atoms with Gasteiger partial charge in [-0.15, -0.1) is 0 Å². The van der Waals surface area contributed by atoms with Gasteiger partial charge in [-0.25, -0.2) is 4.39 Å². The van der Waals surface area contributed by atoms with Gasteiger partial charge < -0.3 is 15.3 Å². The first-order valence-corrected chi connectivity index (χ1v) is 8.18. The summed E-state index contributed by atoms with van der Waals surface area (Å²) in [5.41, 5.74) is 2.06. The maximum absolute atomic E-state index is 13.6. The molecule has 0 saturated carbocycles. The van der Waals surface area contributed by atoms with Crippen LogP contribution in [0.1, 0.15) is 28.8 Å². The molecule has 1 saturated heterocycles. The number of rotatable bonds is 4. The molecule has 4 nitrogen and oxygen atoms in total. The Hall–Kier alpha value is -2.40. The van der Waals surface area contributed by atoms with E-state index in [0.717, 1.165) is 31.6 Å². The van der Waals surface area contributed by atoms with E-state index in [1.165, 1.54) is 6.07 Å². The molecule has 0 bridgehead atoms. The molecule has 24 heavy (non-hydrogen) atoms. The van der Waals surface area contributed by atoms with Crippen LogP contribution < -0.4 is 10.2 Å². The number of halogens is 1. The average molecular weight is 328 g/mol. The van der Waals surface area contributed by atoms with E-state index in [9.17, 15) is 14.3 Å². The number of aliphatic hydroxyl groups excluding tert-OH is 1. The highest BCUT2D eigenvalue weighted by atomic mass is 19.1. The van der Waals surface area contributed by atoms with Crippen LogP contribution in [-0.2, 0) is 6.54 Å². The van der Waals surface area contributed by atoms with Crippen LogP contribution in [0.2, 0.25) is 0 Å². The number of piperidine rings is 1. The molecule has 2 aromatic carbocycles. The number of hydrogen-bond donors (Lipinski definition) is 2. The van der Waals surface area contributed by atoms with E-state index < -0.39 is 0 Å². The fraction of sp³-hybridized carbons (Fsp3) is 0.316. The molecular weight excluding hydrogens is 307 g/mol. The number of benzene rings is 2. The van der Waals surface area contributed by atoms with Gasteiger partial charge in [0.1, 0.15) is 5.82 Å². The second-order valence-electron chi connectivity index (χ2n) is 6.04. The number of nitrogens with one attached hydrogen (secondary N) is 1. The van der Waals surface area contributed by atoms with Crippen LogP contribution in [-0.4, -0.2) is 30.2 Å². The van der Waals surface area contributed by atoms with Crippen molar-refractivity contribution in [2.24, 2.45) is 0 Å². The van der Waals surface area contributed by atoms with Crippen molar-refractivity contribution in [2.45, 2.75) is 25.5 Å². The van der Waals surface area contributed by atoms with Crippen molar-refractivity contribution in [1.82, 2.24) is 5.32 Å². The van der Waals surface area contributed by atoms with Gasteiger partial charge in [0, 0.05) is 36.4 Å². The third kappa shape index (κ3) is 3.92. The minimum atomic E-state index is -0.319. The van der Waals surface area contributed by atoms with Crippen LogP contribution in [0.25, 0.3) is 0 Å². The summed E-state index contributed by atoms with van der Waals surface area (Å²) >= 11 is 0. The molecule has 1 amide bonds. The maximum Gasteiger partial charge on any atom is 0.251 e. The number of carbonyl (C=O) groups is 1. The highest BCUT2D eigenvalue weighted by molar-refractivity contribution is 5.94. The summed E-state index contributed by atoms with van der Waals surface area (Å²) in [5.74, 6) is -0.542. The third-order valence-corrected chi connectivity index (χ3v) is 4.36. The van der Waals surface area contributed by atoms with Gasteiger partial charge in [-0.1, -0.05) is 18.2 Å². The second kappa shape index (κ2) is 7.45. The molecule has 0 unspecified atom stereocenters. The molecule has 126 valence electrons. The van der Waals surface area contributed by atoms with E-state index in [1.807, 2.05) is 12.1 Å². The van der Waals surface area contributed by atoms with Gasteiger partial charge in [-0.05, 0) is 43.2 Å². The van der Waals surface area contributed by atoms with Gasteiger partial charge in [-0.3, -0.25) is 4.79 Å². The summed E-state index contributed by atoms with van der Waals surface area (Å²) in [6.45, 7) is 1.80. The second-order valence-corrected chi connectivity index (χ2v) is 6.04. The topological polar surface area (TPSA) is 52.6 Å². The van der Waals surface area contributed by atoms with Gasteiger partial charge in [0.2, 0.25) is 0 Å². The molecule has 1 aliphatic heterocycles. The monoisotopic (exact) mass is 328 g/mol. The largest absolute Gasteiger partial charge is 0.393 e. The number of amides is 1. The lowest BCUT2D eigenvalue weighted by Gasteiger charge is -2.31. The Morgan fingerprint density at radius 1 is 1.12 bits per heavy atom. The lowest BCUT2D eigenvalue weighted by molar-refractivity contribution is 0.0950. The van der Waals surface area contributed by atoms with Gasteiger partial charge in [0.05, 0.1) is 6.10 Å². The molecule has 0 aliphatic carbocycles. The van der Waals surface area contributed by atoms with E-state index >= 15 is 0 Å². The van der Waals surface area contributed by atoms with Crippen LogP contribution in [0, 0.1) is 5.82 Å². The van der Waals surface area contributed by atoms with Gasteiger partial charge in [-0.2, -0.15) is 0 Å². The zero-order valence-corrected chi connectivity index (χ0v) is 13.4. The molecule has 3 rings (SSSR count). The van der Waals surface area contributed by atoms with Crippen LogP contribution in [0.4, 0.5) is 10.1 Å². The van der Waals surface area contributed by atoms with Crippen molar-refractivity contribution in [1.29, 1.82) is 0 Å². The molecule has 2 N–H and O–H groups in total. The van der Waals surface area contributed by atoms with E-state index in [4.69, 9.17) is 0 Å². The van der Waals surface area contributed by atoms with E-state index in [1.54, 1.807) is 30.3 Å². The summed E-state index contributed by atoms with van der Waals surface area (Å²) < 4.78 is 13.6. The predicted molar refractivity (Wildman–Crippen MR) is 91.5 cm³/mol. The van der Waals surface area contributed by atoms with Gasteiger partial charge >= 0.3 is 0 Å². The number of nitrogens with zero attached hydrogens (tertiary/aromatic N) is 1. The Labute approximate surface area is 140 Å². The lowest BCUT2D eigenvalue weighted by atomic mass is 10.1. The Kier molecular flexibility index (Phi) is 5.11. The molecular formula is C19H21FN2O2. The zero-order chi connectivity index (χ0) is 16.9. The van der Waals surface area contributed by atoms with E-state index in [-0.39, 0.29) is 24.4 Å².